The van der Waals surface area contributed by atoms with Crippen LogP contribution in [0.5, 0.6) is 0 Å². The monoisotopic (exact) mass is 329 g/mol. The van der Waals surface area contributed by atoms with Crippen LogP contribution in [0, 0.1) is 6.92 Å². The van der Waals surface area contributed by atoms with Crippen molar-refractivity contribution in [3.8, 4) is 0 Å². The SMILES string of the molecule is Cc1c2ccc(N(C)C(=O)Nc3cccnc3Cl)cc2nn1C. The quantitative estimate of drug-likeness (QED) is 0.731. The summed E-state index contributed by atoms with van der Waals surface area (Å²) in [6.45, 7) is 2.01. The Morgan fingerprint density at radius 2 is 2.13 bits per heavy atom. The summed E-state index contributed by atoms with van der Waals surface area (Å²) in [5, 5.41) is 8.50. The fourth-order valence-electron chi connectivity index (χ4n) is 2.32. The van der Waals surface area contributed by atoms with Gasteiger partial charge in [-0.1, -0.05) is 11.6 Å². The second kappa shape index (κ2) is 5.89. The van der Waals surface area contributed by atoms with Gasteiger partial charge in [0.1, 0.15) is 0 Å². The summed E-state index contributed by atoms with van der Waals surface area (Å²) >= 11 is 5.96. The molecule has 7 heteroatoms. The molecule has 6 nitrogen and oxygen atoms in total. The average molecular weight is 330 g/mol. The summed E-state index contributed by atoms with van der Waals surface area (Å²) in [5.41, 5.74) is 3.15. The zero-order valence-electron chi connectivity index (χ0n) is 13.0. The van der Waals surface area contributed by atoms with Crippen LogP contribution in [0.25, 0.3) is 10.9 Å². The predicted octanol–water partition coefficient (Wildman–Crippen LogP) is 3.60. The number of hydrogen-bond donors (Lipinski definition) is 1. The topological polar surface area (TPSA) is 63.1 Å². The van der Waals surface area contributed by atoms with Gasteiger partial charge in [-0.15, -0.1) is 0 Å². The largest absolute Gasteiger partial charge is 0.326 e. The highest BCUT2D eigenvalue weighted by Gasteiger charge is 2.14. The zero-order chi connectivity index (χ0) is 16.6. The van der Waals surface area contributed by atoms with Gasteiger partial charge in [-0.05, 0) is 37.3 Å². The van der Waals surface area contributed by atoms with Crippen LogP contribution < -0.4 is 10.2 Å². The first-order chi connectivity index (χ1) is 11.0. The van der Waals surface area contributed by atoms with Gasteiger partial charge in [-0.25, -0.2) is 9.78 Å². The maximum absolute atomic E-state index is 12.4. The van der Waals surface area contributed by atoms with E-state index in [-0.39, 0.29) is 11.2 Å². The highest BCUT2D eigenvalue weighted by atomic mass is 35.5. The van der Waals surface area contributed by atoms with E-state index in [0.29, 0.717) is 5.69 Å². The first-order valence-electron chi connectivity index (χ1n) is 7.06. The highest BCUT2D eigenvalue weighted by molar-refractivity contribution is 6.32. The molecule has 0 bridgehead atoms. The summed E-state index contributed by atoms with van der Waals surface area (Å²) in [7, 11) is 3.59. The standard InChI is InChI=1S/C16H16ClN5O/c1-10-12-7-6-11(9-14(12)20-22(10)3)21(2)16(23)19-13-5-4-8-18-15(13)17/h4-9H,1-3H3,(H,19,23). The molecule has 0 saturated heterocycles. The van der Waals surface area contributed by atoms with Crippen LogP contribution in [-0.2, 0) is 7.05 Å². The minimum Gasteiger partial charge on any atom is -0.305 e. The number of urea groups is 1. The second-order valence-electron chi connectivity index (χ2n) is 5.24. The van der Waals surface area contributed by atoms with Crippen LogP contribution in [0.2, 0.25) is 5.15 Å². The van der Waals surface area contributed by atoms with Gasteiger partial charge < -0.3 is 5.32 Å². The lowest BCUT2D eigenvalue weighted by Gasteiger charge is -2.18. The summed E-state index contributed by atoms with van der Waals surface area (Å²) in [6, 6.07) is 8.85. The lowest BCUT2D eigenvalue weighted by Crippen LogP contribution is -2.31. The van der Waals surface area contributed by atoms with Crippen molar-refractivity contribution in [3.05, 3.63) is 47.4 Å². The number of fused-ring (bicyclic) bond motifs is 1. The number of halogens is 1. The van der Waals surface area contributed by atoms with Gasteiger partial charge in [0.05, 0.1) is 11.2 Å². The van der Waals surface area contributed by atoms with E-state index >= 15 is 0 Å². The molecule has 0 unspecified atom stereocenters. The maximum Gasteiger partial charge on any atom is 0.326 e. The van der Waals surface area contributed by atoms with Gasteiger partial charge >= 0.3 is 6.03 Å². The predicted molar refractivity (Wildman–Crippen MR) is 92.1 cm³/mol. The number of aromatic nitrogens is 3. The van der Waals surface area contributed by atoms with Gasteiger partial charge in [-0.3, -0.25) is 9.58 Å². The summed E-state index contributed by atoms with van der Waals surface area (Å²) in [6.07, 6.45) is 1.57. The van der Waals surface area contributed by atoms with Gasteiger partial charge in [0.15, 0.2) is 5.15 Å². The second-order valence-corrected chi connectivity index (χ2v) is 5.60. The number of benzene rings is 1. The summed E-state index contributed by atoms with van der Waals surface area (Å²) in [4.78, 5) is 17.8. The number of nitrogens with zero attached hydrogens (tertiary/aromatic N) is 4. The number of pyridine rings is 1. The molecule has 23 heavy (non-hydrogen) atoms. The van der Waals surface area contributed by atoms with E-state index in [4.69, 9.17) is 11.6 Å². The Hall–Kier alpha value is -2.60. The van der Waals surface area contributed by atoms with Crippen LogP contribution >= 0.6 is 11.6 Å². The number of rotatable bonds is 2. The molecule has 1 aromatic carbocycles. The molecule has 0 fully saturated rings. The van der Waals surface area contributed by atoms with Crippen molar-refractivity contribution in [2.75, 3.05) is 17.3 Å². The lowest BCUT2D eigenvalue weighted by atomic mass is 10.2. The number of anilines is 2. The van der Waals surface area contributed by atoms with Crippen LogP contribution in [0.15, 0.2) is 36.5 Å². The number of nitrogens with one attached hydrogen (secondary N) is 1. The number of carbonyl (C=O) groups is 1. The lowest BCUT2D eigenvalue weighted by molar-refractivity contribution is 0.258. The van der Waals surface area contributed by atoms with Crippen molar-refractivity contribution in [1.82, 2.24) is 14.8 Å². The minimum atomic E-state index is -0.299. The van der Waals surface area contributed by atoms with Crippen LogP contribution in [0.3, 0.4) is 0 Å². The number of aryl methyl sites for hydroxylation is 2. The molecule has 0 aliphatic heterocycles. The van der Waals surface area contributed by atoms with Crippen molar-refractivity contribution in [2.24, 2.45) is 7.05 Å². The van der Waals surface area contributed by atoms with E-state index in [1.165, 1.54) is 4.90 Å². The molecule has 2 heterocycles. The molecule has 118 valence electrons. The van der Waals surface area contributed by atoms with E-state index < -0.39 is 0 Å². The number of carbonyl (C=O) groups excluding carboxylic acids is 1. The summed E-state index contributed by atoms with van der Waals surface area (Å²) < 4.78 is 1.82. The molecule has 3 aromatic rings. The van der Waals surface area contributed by atoms with Crippen molar-refractivity contribution >= 4 is 39.9 Å². The Bertz CT molecular complexity index is 889. The van der Waals surface area contributed by atoms with Gasteiger partial charge in [0.2, 0.25) is 0 Å². The van der Waals surface area contributed by atoms with E-state index in [1.54, 1.807) is 25.4 Å². The molecule has 2 amide bonds. The van der Waals surface area contributed by atoms with Crippen molar-refractivity contribution in [1.29, 1.82) is 0 Å². The molecule has 0 spiro atoms. The van der Waals surface area contributed by atoms with Crippen molar-refractivity contribution < 1.29 is 4.79 Å². The minimum absolute atomic E-state index is 0.255. The normalized spacial score (nSPS) is 10.8. The smallest absolute Gasteiger partial charge is 0.305 e. The Balaban J connectivity index is 1.86. The molecule has 0 atom stereocenters. The third kappa shape index (κ3) is 2.85. The van der Waals surface area contributed by atoms with Crippen LogP contribution in [0.1, 0.15) is 5.69 Å². The summed E-state index contributed by atoms with van der Waals surface area (Å²) in [5.74, 6) is 0. The molecule has 3 rings (SSSR count). The molecule has 0 aliphatic carbocycles. The number of hydrogen-bond acceptors (Lipinski definition) is 3. The number of amides is 2. The molecular weight excluding hydrogens is 314 g/mol. The first kappa shape index (κ1) is 15.3. The van der Waals surface area contributed by atoms with E-state index in [9.17, 15) is 4.79 Å². The van der Waals surface area contributed by atoms with E-state index in [0.717, 1.165) is 22.3 Å². The molecular formula is C16H16ClN5O. The fourth-order valence-corrected chi connectivity index (χ4v) is 2.49. The van der Waals surface area contributed by atoms with Gasteiger partial charge in [-0.2, -0.15) is 5.10 Å². The highest BCUT2D eigenvalue weighted by Crippen LogP contribution is 2.24. The first-order valence-corrected chi connectivity index (χ1v) is 7.44. The molecule has 2 aromatic heterocycles. The average Bonchev–Trinajstić information content (AvgIpc) is 2.83. The maximum atomic E-state index is 12.4. The third-order valence-electron chi connectivity index (χ3n) is 3.81. The fraction of sp³-hybridized carbons (Fsp3) is 0.188. The van der Waals surface area contributed by atoms with Gasteiger partial charge in [0.25, 0.3) is 0 Å². The Labute approximate surface area is 138 Å². The van der Waals surface area contributed by atoms with E-state index in [1.807, 2.05) is 36.9 Å². The molecule has 0 radical (unpaired) electrons. The van der Waals surface area contributed by atoms with E-state index in [2.05, 4.69) is 15.4 Å². The van der Waals surface area contributed by atoms with Crippen molar-refractivity contribution in [3.63, 3.8) is 0 Å². The third-order valence-corrected chi connectivity index (χ3v) is 4.11. The van der Waals surface area contributed by atoms with Gasteiger partial charge in [0, 0.05) is 37.1 Å². The zero-order valence-corrected chi connectivity index (χ0v) is 13.8. The molecule has 0 saturated carbocycles. The van der Waals surface area contributed by atoms with Crippen LogP contribution in [-0.4, -0.2) is 27.8 Å². The Morgan fingerprint density at radius 1 is 1.35 bits per heavy atom. The Morgan fingerprint density at radius 3 is 2.87 bits per heavy atom. The van der Waals surface area contributed by atoms with Crippen LogP contribution in [0.4, 0.5) is 16.2 Å². The molecule has 0 aliphatic rings. The Kier molecular flexibility index (Phi) is 3.92. The molecule has 1 N–H and O–H groups in total. The van der Waals surface area contributed by atoms with Crippen molar-refractivity contribution in [2.45, 2.75) is 6.92 Å².